The average molecular weight is 158 g/mol. The Balaban J connectivity index is 2.64. The standard InChI is InChI=1S/C8H14O3/c1-11-8(7(9)10)5-3-2-4-6-8/h2-6H2,1H3,(H,9,10). The Morgan fingerprint density at radius 1 is 1.36 bits per heavy atom. The second-order valence-electron chi connectivity index (χ2n) is 3.06. The number of methoxy groups -OCH3 is 1. The fraction of sp³-hybridized carbons (Fsp3) is 0.875. The summed E-state index contributed by atoms with van der Waals surface area (Å²) in [4.78, 5) is 10.8. The molecule has 0 amide bonds. The van der Waals surface area contributed by atoms with E-state index < -0.39 is 11.6 Å². The van der Waals surface area contributed by atoms with Crippen LogP contribution in [0.5, 0.6) is 0 Å². The molecule has 1 aliphatic rings. The van der Waals surface area contributed by atoms with Crippen molar-refractivity contribution in [2.75, 3.05) is 7.11 Å². The van der Waals surface area contributed by atoms with Crippen molar-refractivity contribution >= 4 is 5.97 Å². The summed E-state index contributed by atoms with van der Waals surface area (Å²) in [6, 6.07) is 0. The molecule has 0 aromatic heterocycles. The number of carboxylic acid groups (broad SMARTS) is 1. The molecule has 0 aromatic carbocycles. The largest absolute Gasteiger partial charge is 0.479 e. The number of rotatable bonds is 2. The van der Waals surface area contributed by atoms with Crippen molar-refractivity contribution in [3.8, 4) is 0 Å². The van der Waals surface area contributed by atoms with E-state index in [1.54, 1.807) is 0 Å². The van der Waals surface area contributed by atoms with Crippen LogP contribution in [-0.4, -0.2) is 23.8 Å². The van der Waals surface area contributed by atoms with E-state index in [2.05, 4.69) is 0 Å². The maximum absolute atomic E-state index is 10.8. The van der Waals surface area contributed by atoms with Crippen LogP contribution in [0.1, 0.15) is 32.1 Å². The van der Waals surface area contributed by atoms with Crippen molar-refractivity contribution in [1.82, 2.24) is 0 Å². The van der Waals surface area contributed by atoms with Crippen LogP contribution in [-0.2, 0) is 9.53 Å². The molecule has 3 heteroatoms. The van der Waals surface area contributed by atoms with Gasteiger partial charge in [-0.05, 0) is 25.7 Å². The number of carbonyl (C=O) groups is 1. The normalized spacial score (nSPS) is 23.0. The van der Waals surface area contributed by atoms with Crippen LogP contribution in [0.15, 0.2) is 0 Å². The second-order valence-corrected chi connectivity index (χ2v) is 3.06. The van der Waals surface area contributed by atoms with Crippen molar-refractivity contribution in [3.05, 3.63) is 0 Å². The zero-order valence-electron chi connectivity index (χ0n) is 6.80. The van der Waals surface area contributed by atoms with Gasteiger partial charge in [0.25, 0.3) is 0 Å². The zero-order chi connectivity index (χ0) is 8.32. The van der Waals surface area contributed by atoms with E-state index in [0.717, 1.165) is 19.3 Å². The molecule has 1 aliphatic carbocycles. The van der Waals surface area contributed by atoms with Gasteiger partial charge in [0.15, 0.2) is 5.60 Å². The average Bonchev–Trinajstić information content (AvgIpc) is 2.05. The Hall–Kier alpha value is -0.570. The summed E-state index contributed by atoms with van der Waals surface area (Å²) in [5.41, 5.74) is -0.863. The molecule has 1 saturated carbocycles. The quantitative estimate of drug-likeness (QED) is 0.661. The first-order chi connectivity index (χ1) is 5.21. The molecular weight excluding hydrogens is 144 g/mol. The van der Waals surface area contributed by atoms with Crippen LogP contribution < -0.4 is 0 Å². The molecule has 0 bridgehead atoms. The smallest absolute Gasteiger partial charge is 0.335 e. The highest BCUT2D eigenvalue weighted by Gasteiger charge is 2.39. The number of ether oxygens (including phenoxy) is 1. The van der Waals surface area contributed by atoms with E-state index >= 15 is 0 Å². The number of hydrogen-bond acceptors (Lipinski definition) is 2. The molecule has 0 aromatic rings. The molecule has 0 saturated heterocycles. The van der Waals surface area contributed by atoms with Crippen LogP contribution in [0.3, 0.4) is 0 Å². The third-order valence-corrected chi connectivity index (χ3v) is 2.44. The Kier molecular flexibility index (Phi) is 2.49. The minimum absolute atomic E-state index is 0.666. The van der Waals surface area contributed by atoms with Gasteiger partial charge in [-0.1, -0.05) is 6.42 Å². The predicted molar refractivity (Wildman–Crippen MR) is 40.5 cm³/mol. The van der Waals surface area contributed by atoms with E-state index in [-0.39, 0.29) is 0 Å². The van der Waals surface area contributed by atoms with Crippen LogP contribution in [0.2, 0.25) is 0 Å². The van der Waals surface area contributed by atoms with Gasteiger partial charge in [0, 0.05) is 7.11 Å². The maximum atomic E-state index is 10.8. The summed E-state index contributed by atoms with van der Waals surface area (Å²) in [7, 11) is 1.49. The van der Waals surface area contributed by atoms with Gasteiger partial charge in [-0.2, -0.15) is 0 Å². The minimum atomic E-state index is -0.863. The van der Waals surface area contributed by atoms with Crippen LogP contribution in [0.4, 0.5) is 0 Å². The highest BCUT2D eigenvalue weighted by Crippen LogP contribution is 2.30. The van der Waals surface area contributed by atoms with E-state index in [0.29, 0.717) is 12.8 Å². The van der Waals surface area contributed by atoms with Crippen molar-refractivity contribution in [2.45, 2.75) is 37.7 Å². The lowest BCUT2D eigenvalue weighted by Crippen LogP contribution is -2.42. The fourth-order valence-electron chi connectivity index (χ4n) is 1.63. The summed E-state index contributed by atoms with van der Waals surface area (Å²) < 4.78 is 5.04. The molecular formula is C8H14O3. The lowest BCUT2D eigenvalue weighted by atomic mass is 9.85. The van der Waals surface area contributed by atoms with Crippen molar-refractivity contribution < 1.29 is 14.6 Å². The minimum Gasteiger partial charge on any atom is -0.479 e. The van der Waals surface area contributed by atoms with Gasteiger partial charge in [0.05, 0.1) is 0 Å². The summed E-state index contributed by atoms with van der Waals surface area (Å²) in [5.74, 6) is -0.806. The molecule has 1 fully saturated rings. The lowest BCUT2D eigenvalue weighted by molar-refractivity contribution is -0.166. The topological polar surface area (TPSA) is 46.5 Å². The van der Waals surface area contributed by atoms with Crippen molar-refractivity contribution in [2.24, 2.45) is 0 Å². The van der Waals surface area contributed by atoms with Gasteiger partial charge in [0.2, 0.25) is 0 Å². The van der Waals surface area contributed by atoms with Gasteiger partial charge in [-0.15, -0.1) is 0 Å². The fourth-order valence-corrected chi connectivity index (χ4v) is 1.63. The molecule has 11 heavy (non-hydrogen) atoms. The molecule has 0 spiro atoms. The Morgan fingerprint density at radius 2 is 1.91 bits per heavy atom. The van der Waals surface area contributed by atoms with E-state index in [1.165, 1.54) is 7.11 Å². The van der Waals surface area contributed by atoms with Crippen LogP contribution in [0.25, 0.3) is 0 Å². The summed E-state index contributed by atoms with van der Waals surface area (Å²) in [5, 5.41) is 8.86. The van der Waals surface area contributed by atoms with E-state index in [9.17, 15) is 4.79 Å². The van der Waals surface area contributed by atoms with Crippen molar-refractivity contribution in [3.63, 3.8) is 0 Å². The summed E-state index contributed by atoms with van der Waals surface area (Å²) in [6.45, 7) is 0. The Labute approximate surface area is 66.4 Å². The first-order valence-corrected chi connectivity index (χ1v) is 4.00. The zero-order valence-corrected chi connectivity index (χ0v) is 6.80. The molecule has 0 radical (unpaired) electrons. The van der Waals surface area contributed by atoms with Crippen LogP contribution >= 0.6 is 0 Å². The van der Waals surface area contributed by atoms with Crippen LogP contribution in [0, 0.1) is 0 Å². The first kappa shape index (κ1) is 8.53. The number of hydrogen-bond donors (Lipinski definition) is 1. The lowest BCUT2D eigenvalue weighted by Gasteiger charge is -2.31. The molecule has 64 valence electrons. The molecule has 0 heterocycles. The summed E-state index contributed by atoms with van der Waals surface area (Å²) in [6.07, 6.45) is 4.41. The van der Waals surface area contributed by atoms with Gasteiger partial charge in [-0.3, -0.25) is 0 Å². The molecule has 1 N–H and O–H groups in total. The first-order valence-electron chi connectivity index (χ1n) is 4.00. The highest BCUT2D eigenvalue weighted by molar-refractivity contribution is 5.77. The predicted octanol–water partition coefficient (Wildman–Crippen LogP) is 1.42. The third-order valence-electron chi connectivity index (χ3n) is 2.44. The molecule has 0 unspecified atom stereocenters. The Morgan fingerprint density at radius 3 is 2.18 bits per heavy atom. The summed E-state index contributed by atoms with van der Waals surface area (Å²) >= 11 is 0. The van der Waals surface area contributed by atoms with Gasteiger partial charge >= 0.3 is 5.97 Å². The number of aliphatic carboxylic acids is 1. The monoisotopic (exact) mass is 158 g/mol. The molecule has 0 atom stereocenters. The van der Waals surface area contributed by atoms with E-state index in [4.69, 9.17) is 9.84 Å². The molecule has 1 rings (SSSR count). The van der Waals surface area contributed by atoms with E-state index in [1.807, 2.05) is 0 Å². The third kappa shape index (κ3) is 1.53. The van der Waals surface area contributed by atoms with Crippen molar-refractivity contribution in [1.29, 1.82) is 0 Å². The van der Waals surface area contributed by atoms with Gasteiger partial charge < -0.3 is 9.84 Å². The molecule has 0 aliphatic heterocycles. The maximum Gasteiger partial charge on any atom is 0.335 e. The Bertz CT molecular complexity index is 147. The second kappa shape index (κ2) is 3.22. The molecule has 3 nitrogen and oxygen atoms in total. The number of carboxylic acids is 1. The van der Waals surface area contributed by atoms with Gasteiger partial charge in [0.1, 0.15) is 0 Å². The SMILES string of the molecule is COC1(C(=O)O)CCCCC1. The van der Waals surface area contributed by atoms with Gasteiger partial charge in [-0.25, -0.2) is 4.79 Å². The highest BCUT2D eigenvalue weighted by atomic mass is 16.5.